The first-order chi connectivity index (χ1) is 10.2. The molecule has 0 aliphatic rings. The zero-order valence-corrected chi connectivity index (χ0v) is 12.1. The van der Waals surface area contributed by atoms with Gasteiger partial charge in [-0.3, -0.25) is 4.79 Å². The molecule has 0 unspecified atom stereocenters. The van der Waals surface area contributed by atoms with Crippen LogP contribution in [0.5, 0.6) is 5.75 Å². The van der Waals surface area contributed by atoms with E-state index >= 15 is 0 Å². The van der Waals surface area contributed by atoms with Crippen LogP contribution in [0.15, 0.2) is 48.5 Å². The van der Waals surface area contributed by atoms with Gasteiger partial charge in [0.05, 0.1) is 13.0 Å². The maximum atomic E-state index is 12.0. The molecule has 0 aromatic heterocycles. The second kappa shape index (κ2) is 7.33. The van der Waals surface area contributed by atoms with Gasteiger partial charge in [-0.1, -0.05) is 25.1 Å². The van der Waals surface area contributed by atoms with Crippen LogP contribution in [0, 0.1) is 0 Å². The van der Waals surface area contributed by atoms with Crippen molar-refractivity contribution < 1.29 is 9.53 Å². The number of amides is 1. The lowest BCUT2D eigenvalue weighted by molar-refractivity contribution is -0.115. The molecule has 4 heteroatoms. The maximum Gasteiger partial charge on any atom is 0.228 e. The Morgan fingerprint density at radius 3 is 2.76 bits per heavy atom. The van der Waals surface area contributed by atoms with Crippen molar-refractivity contribution in [2.75, 3.05) is 17.7 Å². The first-order valence-electron chi connectivity index (χ1n) is 7.04. The molecule has 0 fully saturated rings. The monoisotopic (exact) mass is 284 g/mol. The van der Waals surface area contributed by atoms with Crippen LogP contribution in [-0.2, 0) is 11.2 Å². The van der Waals surface area contributed by atoms with Crippen LogP contribution < -0.4 is 15.8 Å². The van der Waals surface area contributed by atoms with Gasteiger partial charge >= 0.3 is 0 Å². The fraction of sp³-hybridized carbons (Fsp3) is 0.235. The predicted octanol–water partition coefficient (Wildman–Crippen LogP) is 3.24. The molecule has 0 atom stereocenters. The smallest absolute Gasteiger partial charge is 0.228 e. The second-order valence-corrected chi connectivity index (χ2v) is 4.85. The van der Waals surface area contributed by atoms with Crippen molar-refractivity contribution in [1.29, 1.82) is 0 Å². The zero-order chi connectivity index (χ0) is 15.1. The molecule has 0 saturated heterocycles. The van der Waals surface area contributed by atoms with E-state index in [1.807, 2.05) is 36.4 Å². The van der Waals surface area contributed by atoms with Gasteiger partial charge in [0.1, 0.15) is 5.75 Å². The van der Waals surface area contributed by atoms with Crippen molar-refractivity contribution >= 4 is 17.3 Å². The SMILES string of the molecule is CCCOc1cccc(NC(=O)Cc2cccc(N)c2)c1. The maximum absolute atomic E-state index is 12.0. The molecule has 0 aliphatic carbocycles. The summed E-state index contributed by atoms with van der Waals surface area (Å²) in [4.78, 5) is 12.0. The van der Waals surface area contributed by atoms with Gasteiger partial charge in [-0.15, -0.1) is 0 Å². The minimum atomic E-state index is -0.0757. The van der Waals surface area contributed by atoms with Gasteiger partial charge in [0.25, 0.3) is 0 Å². The molecule has 1 amide bonds. The molecule has 0 spiro atoms. The summed E-state index contributed by atoms with van der Waals surface area (Å²) in [5, 5.41) is 2.87. The van der Waals surface area contributed by atoms with E-state index in [2.05, 4.69) is 12.2 Å². The largest absolute Gasteiger partial charge is 0.494 e. The summed E-state index contributed by atoms with van der Waals surface area (Å²) in [6.45, 7) is 2.72. The van der Waals surface area contributed by atoms with Crippen LogP contribution in [0.4, 0.5) is 11.4 Å². The number of nitrogens with two attached hydrogens (primary N) is 1. The van der Waals surface area contributed by atoms with E-state index in [-0.39, 0.29) is 5.91 Å². The summed E-state index contributed by atoms with van der Waals surface area (Å²) < 4.78 is 5.54. The molecule has 0 saturated carbocycles. The van der Waals surface area contributed by atoms with Crippen LogP contribution in [0.1, 0.15) is 18.9 Å². The van der Waals surface area contributed by atoms with E-state index in [4.69, 9.17) is 10.5 Å². The van der Waals surface area contributed by atoms with Crippen molar-refractivity contribution in [3.05, 3.63) is 54.1 Å². The van der Waals surface area contributed by atoms with Gasteiger partial charge in [0.15, 0.2) is 0 Å². The molecule has 0 aliphatic heterocycles. The van der Waals surface area contributed by atoms with E-state index < -0.39 is 0 Å². The molecule has 0 radical (unpaired) electrons. The molecule has 0 bridgehead atoms. The molecule has 21 heavy (non-hydrogen) atoms. The van der Waals surface area contributed by atoms with Crippen molar-refractivity contribution in [3.63, 3.8) is 0 Å². The van der Waals surface area contributed by atoms with E-state index in [0.29, 0.717) is 18.7 Å². The molecular weight excluding hydrogens is 264 g/mol. The molecule has 2 aromatic rings. The predicted molar refractivity (Wildman–Crippen MR) is 85.4 cm³/mol. The minimum Gasteiger partial charge on any atom is -0.494 e. The number of anilines is 2. The first-order valence-corrected chi connectivity index (χ1v) is 7.04. The Morgan fingerprint density at radius 2 is 2.00 bits per heavy atom. The third kappa shape index (κ3) is 4.84. The van der Waals surface area contributed by atoms with Crippen LogP contribution in [-0.4, -0.2) is 12.5 Å². The first kappa shape index (κ1) is 14.9. The summed E-state index contributed by atoms with van der Waals surface area (Å²) in [7, 11) is 0. The highest BCUT2D eigenvalue weighted by Gasteiger charge is 2.05. The summed E-state index contributed by atoms with van der Waals surface area (Å²) in [5.74, 6) is 0.687. The third-order valence-corrected chi connectivity index (χ3v) is 2.91. The second-order valence-electron chi connectivity index (χ2n) is 4.85. The van der Waals surface area contributed by atoms with Crippen molar-refractivity contribution in [3.8, 4) is 5.75 Å². The van der Waals surface area contributed by atoms with Gasteiger partial charge in [-0.05, 0) is 36.2 Å². The Bertz CT molecular complexity index is 611. The quantitative estimate of drug-likeness (QED) is 0.800. The summed E-state index contributed by atoms with van der Waals surface area (Å²) in [6, 6.07) is 14.7. The van der Waals surface area contributed by atoms with Crippen molar-refractivity contribution in [1.82, 2.24) is 0 Å². The lowest BCUT2D eigenvalue weighted by atomic mass is 10.1. The average Bonchev–Trinajstić information content (AvgIpc) is 2.45. The molecule has 0 heterocycles. The van der Waals surface area contributed by atoms with E-state index in [0.717, 1.165) is 23.4 Å². The number of carbonyl (C=O) groups excluding carboxylic acids is 1. The summed E-state index contributed by atoms with van der Waals surface area (Å²) in [5.41, 5.74) is 8.00. The third-order valence-electron chi connectivity index (χ3n) is 2.91. The number of hydrogen-bond donors (Lipinski definition) is 2. The van der Waals surface area contributed by atoms with Crippen LogP contribution in [0.2, 0.25) is 0 Å². The highest BCUT2D eigenvalue weighted by atomic mass is 16.5. The highest BCUT2D eigenvalue weighted by molar-refractivity contribution is 5.92. The molecule has 3 N–H and O–H groups in total. The van der Waals surface area contributed by atoms with Crippen LogP contribution >= 0.6 is 0 Å². The fourth-order valence-corrected chi connectivity index (χ4v) is 1.98. The molecule has 110 valence electrons. The number of ether oxygens (including phenoxy) is 1. The van der Waals surface area contributed by atoms with Crippen LogP contribution in [0.25, 0.3) is 0 Å². The summed E-state index contributed by atoms with van der Waals surface area (Å²) >= 11 is 0. The summed E-state index contributed by atoms with van der Waals surface area (Å²) in [6.07, 6.45) is 1.25. The Balaban J connectivity index is 1.96. The Hall–Kier alpha value is -2.49. The van der Waals surface area contributed by atoms with Gasteiger partial charge in [-0.25, -0.2) is 0 Å². The fourth-order valence-electron chi connectivity index (χ4n) is 1.98. The normalized spacial score (nSPS) is 10.1. The minimum absolute atomic E-state index is 0.0757. The highest BCUT2D eigenvalue weighted by Crippen LogP contribution is 2.18. The molecule has 4 nitrogen and oxygen atoms in total. The van der Waals surface area contributed by atoms with Crippen LogP contribution in [0.3, 0.4) is 0 Å². The number of nitrogen functional groups attached to an aromatic ring is 1. The standard InChI is InChI=1S/C17H20N2O2/c1-2-9-21-16-8-4-7-15(12-16)19-17(20)11-13-5-3-6-14(18)10-13/h3-8,10,12H,2,9,11,18H2,1H3,(H,19,20). The van der Waals surface area contributed by atoms with Gasteiger partial charge in [-0.2, -0.15) is 0 Å². The topological polar surface area (TPSA) is 64.3 Å². The number of carbonyl (C=O) groups is 1. The zero-order valence-electron chi connectivity index (χ0n) is 12.1. The lowest BCUT2D eigenvalue weighted by Crippen LogP contribution is -2.14. The van der Waals surface area contributed by atoms with Crippen molar-refractivity contribution in [2.24, 2.45) is 0 Å². The average molecular weight is 284 g/mol. The van der Waals surface area contributed by atoms with Gasteiger partial charge in [0.2, 0.25) is 5.91 Å². The number of benzene rings is 2. The molecular formula is C17H20N2O2. The number of hydrogen-bond acceptors (Lipinski definition) is 3. The Labute approximate surface area is 124 Å². The number of nitrogens with one attached hydrogen (secondary N) is 1. The lowest BCUT2D eigenvalue weighted by Gasteiger charge is -2.09. The van der Waals surface area contributed by atoms with E-state index in [9.17, 15) is 4.79 Å². The van der Waals surface area contributed by atoms with Gasteiger partial charge in [0, 0.05) is 17.4 Å². The van der Waals surface area contributed by atoms with E-state index in [1.165, 1.54) is 0 Å². The van der Waals surface area contributed by atoms with Crippen molar-refractivity contribution in [2.45, 2.75) is 19.8 Å². The van der Waals surface area contributed by atoms with Gasteiger partial charge < -0.3 is 15.8 Å². The molecule has 2 aromatic carbocycles. The van der Waals surface area contributed by atoms with E-state index in [1.54, 1.807) is 12.1 Å². The number of rotatable bonds is 6. The molecule has 2 rings (SSSR count). The Morgan fingerprint density at radius 1 is 1.19 bits per heavy atom. The Kier molecular flexibility index (Phi) is 5.21.